The summed E-state index contributed by atoms with van der Waals surface area (Å²) in [5.74, 6) is 0.831. The van der Waals surface area contributed by atoms with E-state index in [-0.39, 0.29) is 6.10 Å². The summed E-state index contributed by atoms with van der Waals surface area (Å²) in [5, 5.41) is 10.1. The van der Waals surface area contributed by atoms with Crippen molar-refractivity contribution in [2.45, 2.75) is 109 Å². The van der Waals surface area contributed by atoms with Crippen molar-refractivity contribution in [3.63, 3.8) is 0 Å². The fourth-order valence-electron chi connectivity index (χ4n) is 3.44. The first-order valence-corrected chi connectivity index (χ1v) is 9.01. The summed E-state index contributed by atoms with van der Waals surface area (Å²) in [6, 6.07) is 0. The van der Waals surface area contributed by atoms with Crippen LogP contribution in [-0.4, -0.2) is 11.2 Å². The number of hydrogen-bond donors (Lipinski definition) is 1. The molecule has 1 fully saturated rings. The van der Waals surface area contributed by atoms with Crippen LogP contribution >= 0.6 is 0 Å². The number of unbranched alkanes of at least 4 members (excludes halogenated alkanes) is 7. The molecule has 1 saturated carbocycles. The van der Waals surface area contributed by atoms with E-state index in [9.17, 15) is 5.11 Å². The Morgan fingerprint density at radius 2 is 1.42 bits per heavy atom. The molecule has 1 aliphatic carbocycles. The molecule has 0 spiro atoms. The molecular weight excluding hydrogens is 232 g/mol. The Balaban J connectivity index is 1.85. The molecule has 0 bridgehead atoms. The molecule has 1 heteroatoms. The van der Waals surface area contributed by atoms with Crippen molar-refractivity contribution in [2.75, 3.05) is 0 Å². The summed E-state index contributed by atoms with van der Waals surface area (Å²) in [6.07, 6.45) is 20.0. The Labute approximate surface area is 121 Å². The zero-order valence-corrected chi connectivity index (χ0v) is 13.2. The molecule has 0 heterocycles. The fourth-order valence-corrected chi connectivity index (χ4v) is 3.44. The van der Waals surface area contributed by atoms with Gasteiger partial charge in [-0.05, 0) is 18.8 Å². The normalized spacial score (nSPS) is 18.6. The van der Waals surface area contributed by atoms with Crippen molar-refractivity contribution in [3.8, 4) is 0 Å². The number of aliphatic hydroxyl groups is 1. The van der Waals surface area contributed by atoms with Crippen molar-refractivity contribution >= 4 is 0 Å². The molecule has 1 aliphatic rings. The molecule has 19 heavy (non-hydrogen) atoms. The Morgan fingerprint density at radius 1 is 0.842 bits per heavy atom. The number of hydrogen-bond acceptors (Lipinski definition) is 1. The van der Waals surface area contributed by atoms with Crippen LogP contribution in [-0.2, 0) is 0 Å². The molecule has 0 aromatic heterocycles. The first kappa shape index (κ1) is 17.0. The van der Waals surface area contributed by atoms with Gasteiger partial charge in [-0.1, -0.05) is 90.4 Å². The average Bonchev–Trinajstić information content (AvgIpc) is 2.43. The highest BCUT2D eigenvalue weighted by molar-refractivity contribution is 4.69. The minimum Gasteiger partial charge on any atom is -0.393 e. The molecule has 1 N–H and O–H groups in total. The third-order valence-electron chi connectivity index (χ3n) is 4.72. The molecule has 1 unspecified atom stereocenters. The molecule has 0 aromatic rings. The highest BCUT2D eigenvalue weighted by atomic mass is 16.3. The second-order valence-electron chi connectivity index (χ2n) is 6.66. The summed E-state index contributed by atoms with van der Waals surface area (Å²) < 4.78 is 0. The maximum atomic E-state index is 10.1. The minimum absolute atomic E-state index is 0.0109. The molecule has 114 valence electrons. The first-order valence-electron chi connectivity index (χ1n) is 9.01. The Hall–Kier alpha value is -0.0400. The smallest absolute Gasteiger partial charge is 0.0542 e. The lowest BCUT2D eigenvalue weighted by Crippen LogP contribution is -2.16. The Kier molecular flexibility index (Phi) is 10.5. The molecule has 0 aromatic carbocycles. The highest BCUT2D eigenvalue weighted by Gasteiger charge is 2.16. The van der Waals surface area contributed by atoms with Gasteiger partial charge in [-0.15, -0.1) is 0 Å². The van der Waals surface area contributed by atoms with Gasteiger partial charge in [0, 0.05) is 0 Å². The van der Waals surface area contributed by atoms with Crippen molar-refractivity contribution < 1.29 is 5.11 Å². The monoisotopic (exact) mass is 268 g/mol. The predicted molar refractivity (Wildman–Crippen MR) is 84.4 cm³/mol. The zero-order valence-electron chi connectivity index (χ0n) is 13.2. The van der Waals surface area contributed by atoms with Crippen LogP contribution in [0.3, 0.4) is 0 Å². The number of rotatable bonds is 11. The van der Waals surface area contributed by atoms with E-state index in [0.29, 0.717) is 0 Å². The van der Waals surface area contributed by atoms with Crippen LogP contribution < -0.4 is 0 Å². The van der Waals surface area contributed by atoms with E-state index in [1.807, 2.05) is 0 Å². The van der Waals surface area contributed by atoms with Gasteiger partial charge < -0.3 is 5.11 Å². The van der Waals surface area contributed by atoms with Gasteiger partial charge in [-0.25, -0.2) is 0 Å². The van der Waals surface area contributed by atoms with Crippen LogP contribution in [0.25, 0.3) is 0 Å². The highest BCUT2D eigenvalue weighted by Crippen LogP contribution is 2.28. The molecule has 0 amide bonds. The van der Waals surface area contributed by atoms with Gasteiger partial charge in [-0.3, -0.25) is 0 Å². The van der Waals surface area contributed by atoms with Crippen LogP contribution in [0.2, 0.25) is 0 Å². The maximum Gasteiger partial charge on any atom is 0.0542 e. The lowest BCUT2D eigenvalue weighted by molar-refractivity contribution is 0.119. The van der Waals surface area contributed by atoms with Crippen molar-refractivity contribution in [1.82, 2.24) is 0 Å². The maximum absolute atomic E-state index is 10.1. The molecule has 0 saturated heterocycles. The van der Waals surface area contributed by atoms with E-state index in [1.165, 1.54) is 83.5 Å². The Bertz CT molecular complexity index is 184. The summed E-state index contributed by atoms with van der Waals surface area (Å²) >= 11 is 0. The fraction of sp³-hybridized carbons (Fsp3) is 1.00. The van der Waals surface area contributed by atoms with Crippen molar-refractivity contribution in [1.29, 1.82) is 0 Å². The quantitative estimate of drug-likeness (QED) is 0.466. The topological polar surface area (TPSA) is 20.2 Å². The van der Waals surface area contributed by atoms with Gasteiger partial charge in [0.2, 0.25) is 0 Å². The van der Waals surface area contributed by atoms with Gasteiger partial charge >= 0.3 is 0 Å². The van der Waals surface area contributed by atoms with E-state index in [4.69, 9.17) is 0 Å². The van der Waals surface area contributed by atoms with E-state index < -0.39 is 0 Å². The zero-order chi connectivity index (χ0) is 13.8. The second kappa shape index (κ2) is 11.8. The summed E-state index contributed by atoms with van der Waals surface area (Å²) in [5.41, 5.74) is 0. The van der Waals surface area contributed by atoms with Gasteiger partial charge in [0.05, 0.1) is 6.10 Å². The molecule has 1 rings (SSSR count). The standard InChI is InChI=1S/C18H36O/c1-2-3-4-5-6-7-8-12-15-18(19)16-17-13-10-9-11-14-17/h17-19H,2-16H2,1H3. The molecule has 0 radical (unpaired) electrons. The van der Waals surface area contributed by atoms with E-state index in [2.05, 4.69) is 6.92 Å². The molecule has 1 atom stereocenters. The van der Waals surface area contributed by atoms with Gasteiger partial charge in [0.25, 0.3) is 0 Å². The van der Waals surface area contributed by atoms with Crippen LogP contribution in [0.4, 0.5) is 0 Å². The lowest BCUT2D eigenvalue weighted by atomic mass is 9.84. The van der Waals surface area contributed by atoms with E-state index in [0.717, 1.165) is 18.8 Å². The molecular formula is C18H36O. The first-order chi connectivity index (χ1) is 9.33. The van der Waals surface area contributed by atoms with Crippen LogP contribution in [0.15, 0.2) is 0 Å². The summed E-state index contributed by atoms with van der Waals surface area (Å²) in [4.78, 5) is 0. The average molecular weight is 268 g/mol. The summed E-state index contributed by atoms with van der Waals surface area (Å²) in [7, 11) is 0. The van der Waals surface area contributed by atoms with Gasteiger partial charge in [-0.2, -0.15) is 0 Å². The lowest BCUT2D eigenvalue weighted by Gasteiger charge is -2.23. The largest absolute Gasteiger partial charge is 0.393 e. The van der Waals surface area contributed by atoms with Crippen LogP contribution in [0.5, 0.6) is 0 Å². The third kappa shape index (κ3) is 9.49. The van der Waals surface area contributed by atoms with Gasteiger partial charge in [0.15, 0.2) is 0 Å². The third-order valence-corrected chi connectivity index (χ3v) is 4.72. The van der Waals surface area contributed by atoms with Crippen molar-refractivity contribution in [2.24, 2.45) is 5.92 Å². The molecule has 1 nitrogen and oxygen atoms in total. The Morgan fingerprint density at radius 3 is 2.05 bits per heavy atom. The molecule has 0 aliphatic heterocycles. The summed E-state index contributed by atoms with van der Waals surface area (Å²) in [6.45, 7) is 2.27. The SMILES string of the molecule is CCCCCCCCCCC(O)CC1CCCCC1. The van der Waals surface area contributed by atoms with Crippen molar-refractivity contribution in [3.05, 3.63) is 0 Å². The van der Waals surface area contributed by atoms with E-state index >= 15 is 0 Å². The van der Waals surface area contributed by atoms with Crippen LogP contribution in [0, 0.1) is 5.92 Å². The van der Waals surface area contributed by atoms with E-state index in [1.54, 1.807) is 0 Å². The number of aliphatic hydroxyl groups excluding tert-OH is 1. The van der Waals surface area contributed by atoms with Gasteiger partial charge in [0.1, 0.15) is 0 Å². The predicted octanol–water partition coefficient (Wildman–Crippen LogP) is 5.85. The minimum atomic E-state index is -0.0109. The van der Waals surface area contributed by atoms with Crippen LogP contribution in [0.1, 0.15) is 103 Å². The second-order valence-corrected chi connectivity index (χ2v) is 6.66.